The molecule has 0 saturated carbocycles. The first-order chi connectivity index (χ1) is 17.8. The smallest absolute Gasteiger partial charge is 0.267 e. The first-order valence-electron chi connectivity index (χ1n) is 11.9. The second-order valence-electron chi connectivity index (χ2n) is 9.09. The van der Waals surface area contributed by atoms with Crippen LogP contribution in [0.3, 0.4) is 0 Å². The molecule has 0 aliphatic carbocycles. The first-order valence-corrected chi connectivity index (χ1v) is 13.1. The van der Waals surface area contributed by atoms with Gasteiger partial charge in [-0.1, -0.05) is 78.6 Å². The Hall–Kier alpha value is -3.75. The molecule has 0 unspecified atom stereocenters. The molecule has 1 atom stereocenters. The van der Waals surface area contributed by atoms with Crippen LogP contribution in [0.1, 0.15) is 35.2 Å². The number of para-hydroxylation sites is 1. The van der Waals surface area contributed by atoms with Crippen LogP contribution < -0.4 is 10.2 Å². The normalized spacial score (nSPS) is 17.9. The Bertz CT molecular complexity index is 1480. The summed E-state index contributed by atoms with van der Waals surface area (Å²) in [5.74, 6) is -1.01. The summed E-state index contributed by atoms with van der Waals surface area (Å²) in [6.07, 6.45) is 0. The van der Waals surface area contributed by atoms with Crippen LogP contribution in [0.4, 0.5) is 11.4 Å². The number of hydrogen-bond donors (Lipinski definition) is 1. The lowest BCUT2D eigenvalue weighted by molar-refractivity contribution is -0.123. The Kier molecular flexibility index (Phi) is 6.70. The highest BCUT2D eigenvalue weighted by Crippen LogP contribution is 2.46. The van der Waals surface area contributed by atoms with Crippen molar-refractivity contribution >= 4 is 63.0 Å². The summed E-state index contributed by atoms with van der Waals surface area (Å²) >= 11 is 6.72. The molecule has 2 aliphatic heterocycles. The van der Waals surface area contributed by atoms with E-state index < -0.39 is 0 Å². The topological polar surface area (TPSA) is 69.7 Å². The highest BCUT2D eigenvalue weighted by atomic mass is 32.2. The Labute approximate surface area is 225 Å². The van der Waals surface area contributed by atoms with Crippen LogP contribution in [0, 0.1) is 13.8 Å². The number of benzene rings is 3. The second kappa shape index (κ2) is 9.95. The molecule has 2 aliphatic rings. The third-order valence-electron chi connectivity index (χ3n) is 6.71. The average Bonchev–Trinajstić information content (AvgIpc) is 3.33. The predicted octanol–water partition coefficient (Wildman–Crippen LogP) is 5.62. The number of fused-ring (bicyclic) bond motifs is 1. The van der Waals surface area contributed by atoms with Gasteiger partial charge in [0.25, 0.3) is 11.8 Å². The lowest BCUT2D eigenvalue weighted by atomic mass is 10.1. The molecular weight excluding hydrogens is 502 g/mol. The molecular formula is C29H25N3O3S2. The minimum Gasteiger partial charge on any atom is -0.325 e. The zero-order chi connectivity index (χ0) is 26.3. The van der Waals surface area contributed by atoms with Gasteiger partial charge in [-0.2, -0.15) is 0 Å². The van der Waals surface area contributed by atoms with Crippen LogP contribution >= 0.6 is 24.0 Å². The number of amides is 3. The molecule has 1 fully saturated rings. The van der Waals surface area contributed by atoms with Crippen molar-refractivity contribution in [3.05, 3.63) is 100.0 Å². The van der Waals surface area contributed by atoms with E-state index in [1.807, 2.05) is 81.4 Å². The van der Waals surface area contributed by atoms with Crippen LogP contribution in [0.15, 0.2) is 77.7 Å². The maximum atomic E-state index is 13.7. The lowest BCUT2D eigenvalue weighted by Gasteiger charge is -2.23. The van der Waals surface area contributed by atoms with Crippen molar-refractivity contribution in [3.8, 4) is 0 Å². The third-order valence-corrected chi connectivity index (χ3v) is 8.11. The fourth-order valence-electron chi connectivity index (χ4n) is 4.56. The van der Waals surface area contributed by atoms with E-state index in [9.17, 15) is 14.4 Å². The van der Waals surface area contributed by atoms with Crippen molar-refractivity contribution in [2.75, 3.05) is 16.8 Å². The van der Waals surface area contributed by atoms with Gasteiger partial charge in [0, 0.05) is 11.3 Å². The number of carbonyl (C=O) groups is 3. The number of nitrogens with one attached hydrogen (secondary N) is 1. The van der Waals surface area contributed by atoms with E-state index in [-0.39, 0.29) is 35.9 Å². The highest BCUT2D eigenvalue weighted by molar-refractivity contribution is 8.26. The summed E-state index contributed by atoms with van der Waals surface area (Å²) < 4.78 is 0.403. The van der Waals surface area contributed by atoms with Crippen molar-refractivity contribution in [1.82, 2.24) is 4.90 Å². The number of nitrogens with zero attached hydrogens (tertiary/aromatic N) is 2. The maximum absolute atomic E-state index is 13.7. The number of aryl methyl sites for hydroxylation is 2. The van der Waals surface area contributed by atoms with Gasteiger partial charge in [-0.05, 0) is 55.7 Å². The quantitative estimate of drug-likeness (QED) is 0.345. The minimum absolute atomic E-state index is 0.174. The zero-order valence-electron chi connectivity index (χ0n) is 20.6. The van der Waals surface area contributed by atoms with E-state index in [1.54, 1.807) is 17.0 Å². The number of hydrogen-bond acceptors (Lipinski definition) is 5. The molecule has 1 N–H and O–H groups in total. The second-order valence-corrected chi connectivity index (χ2v) is 10.7. The lowest BCUT2D eigenvalue weighted by Crippen LogP contribution is -2.35. The molecule has 5 rings (SSSR count). The molecule has 2 heterocycles. The van der Waals surface area contributed by atoms with Gasteiger partial charge in [-0.15, -0.1) is 0 Å². The summed E-state index contributed by atoms with van der Waals surface area (Å²) in [5.41, 5.74) is 5.32. The molecule has 3 aromatic carbocycles. The molecule has 0 spiro atoms. The summed E-state index contributed by atoms with van der Waals surface area (Å²) in [6, 6.07) is 22.3. The van der Waals surface area contributed by atoms with Crippen molar-refractivity contribution in [2.24, 2.45) is 0 Å². The van der Waals surface area contributed by atoms with E-state index in [0.29, 0.717) is 26.2 Å². The van der Waals surface area contributed by atoms with Crippen LogP contribution in [-0.2, 0) is 14.4 Å². The molecule has 6 nitrogen and oxygen atoms in total. The molecule has 37 heavy (non-hydrogen) atoms. The van der Waals surface area contributed by atoms with Crippen LogP contribution in [0.2, 0.25) is 0 Å². The Balaban J connectivity index is 1.44. The summed E-state index contributed by atoms with van der Waals surface area (Å²) in [4.78, 5) is 43.5. The van der Waals surface area contributed by atoms with Gasteiger partial charge in [0.15, 0.2) is 0 Å². The van der Waals surface area contributed by atoms with Gasteiger partial charge in [0.2, 0.25) is 5.91 Å². The number of carbonyl (C=O) groups excluding carboxylic acids is 3. The zero-order valence-corrected chi connectivity index (χ0v) is 22.3. The van der Waals surface area contributed by atoms with E-state index in [0.717, 1.165) is 28.5 Å². The molecule has 8 heteroatoms. The summed E-state index contributed by atoms with van der Waals surface area (Å²) in [7, 11) is 0. The molecule has 186 valence electrons. The van der Waals surface area contributed by atoms with Gasteiger partial charge in [-0.3, -0.25) is 24.2 Å². The van der Waals surface area contributed by atoms with Crippen LogP contribution in [0.25, 0.3) is 5.57 Å². The number of thiocarbonyl (C=S) groups is 1. The van der Waals surface area contributed by atoms with Crippen molar-refractivity contribution in [2.45, 2.75) is 26.8 Å². The Morgan fingerprint density at radius 3 is 2.38 bits per heavy atom. The van der Waals surface area contributed by atoms with Crippen molar-refractivity contribution < 1.29 is 14.4 Å². The summed E-state index contributed by atoms with van der Waals surface area (Å²) in [5, 5.41) is 2.88. The van der Waals surface area contributed by atoms with Gasteiger partial charge in [-0.25, -0.2) is 0 Å². The minimum atomic E-state index is -0.385. The van der Waals surface area contributed by atoms with Gasteiger partial charge in [0.1, 0.15) is 10.9 Å². The SMILES string of the molecule is Cc1ccc(NC(=O)CN2C(=O)/C(=C3\SC(=S)N([C@@H](C)c4ccccc4)C3=O)c3ccccc32)cc1C. The molecule has 3 amide bonds. The number of thioether (sulfide) groups is 1. The molecule has 0 radical (unpaired) electrons. The number of rotatable bonds is 5. The third kappa shape index (κ3) is 4.58. The van der Waals surface area contributed by atoms with E-state index >= 15 is 0 Å². The standard InChI is InChI=1S/C29H25N3O3S2/c1-17-13-14-21(15-18(17)2)30-24(33)16-31-23-12-8-7-11-22(23)25(27(31)34)26-28(35)32(29(36)37-26)19(3)20-9-5-4-6-10-20/h4-15,19H,16H2,1-3H3,(H,30,33)/b26-25-/t19-/m0/s1. The molecule has 1 saturated heterocycles. The van der Waals surface area contributed by atoms with Crippen LogP contribution in [0.5, 0.6) is 0 Å². The molecule has 0 bridgehead atoms. The molecule has 3 aromatic rings. The maximum Gasteiger partial charge on any atom is 0.267 e. The number of anilines is 2. The van der Waals surface area contributed by atoms with E-state index in [1.165, 1.54) is 4.90 Å². The monoisotopic (exact) mass is 527 g/mol. The van der Waals surface area contributed by atoms with Crippen molar-refractivity contribution in [3.63, 3.8) is 0 Å². The first kappa shape index (κ1) is 24.9. The largest absolute Gasteiger partial charge is 0.325 e. The Morgan fingerprint density at radius 1 is 0.946 bits per heavy atom. The van der Waals surface area contributed by atoms with Crippen molar-refractivity contribution in [1.29, 1.82) is 0 Å². The average molecular weight is 528 g/mol. The predicted molar refractivity (Wildman–Crippen MR) is 152 cm³/mol. The Morgan fingerprint density at radius 2 is 1.65 bits per heavy atom. The highest BCUT2D eigenvalue weighted by Gasteiger charge is 2.43. The van der Waals surface area contributed by atoms with Gasteiger partial charge >= 0.3 is 0 Å². The van der Waals surface area contributed by atoms with E-state index in [4.69, 9.17) is 12.2 Å². The van der Waals surface area contributed by atoms with Gasteiger partial charge in [0.05, 0.1) is 22.2 Å². The fraction of sp³-hybridized carbons (Fsp3) is 0.172. The van der Waals surface area contributed by atoms with Crippen LogP contribution in [-0.4, -0.2) is 33.5 Å². The summed E-state index contributed by atoms with van der Waals surface area (Å²) in [6.45, 7) is 5.73. The fourth-order valence-corrected chi connectivity index (χ4v) is 6.05. The van der Waals surface area contributed by atoms with E-state index in [2.05, 4.69) is 5.32 Å². The van der Waals surface area contributed by atoms with Gasteiger partial charge < -0.3 is 5.32 Å². The molecule has 0 aromatic heterocycles.